The van der Waals surface area contributed by atoms with Crippen LogP contribution in [0, 0.1) is 0 Å². The number of piperidine rings is 1. The minimum Gasteiger partial charge on any atom is -0.322 e. The molecule has 2 aromatic heterocycles. The highest BCUT2D eigenvalue weighted by Crippen LogP contribution is 2.37. The summed E-state index contributed by atoms with van der Waals surface area (Å²) < 4.78 is 1.80. The maximum atomic E-state index is 12.8. The van der Waals surface area contributed by atoms with Gasteiger partial charge in [-0.1, -0.05) is 6.42 Å². The molecule has 1 aliphatic heterocycles. The van der Waals surface area contributed by atoms with Gasteiger partial charge < -0.3 is 5.32 Å². The Kier molecular flexibility index (Phi) is 4.48. The van der Waals surface area contributed by atoms with E-state index in [1.165, 1.54) is 12.8 Å². The van der Waals surface area contributed by atoms with Crippen molar-refractivity contribution in [1.82, 2.24) is 24.6 Å². The Labute approximate surface area is 147 Å². The first-order valence-electron chi connectivity index (χ1n) is 9.04. The Morgan fingerprint density at radius 1 is 1.24 bits per heavy atom. The molecule has 1 saturated carbocycles. The van der Waals surface area contributed by atoms with E-state index in [1.54, 1.807) is 17.1 Å². The van der Waals surface area contributed by atoms with Gasteiger partial charge >= 0.3 is 0 Å². The predicted octanol–water partition coefficient (Wildman–Crippen LogP) is 2.08. The zero-order valence-electron chi connectivity index (χ0n) is 14.6. The van der Waals surface area contributed by atoms with Gasteiger partial charge in [-0.3, -0.25) is 14.4 Å². The van der Waals surface area contributed by atoms with E-state index in [2.05, 4.69) is 25.3 Å². The van der Waals surface area contributed by atoms with Crippen molar-refractivity contribution in [2.75, 3.05) is 11.9 Å². The normalized spacial score (nSPS) is 21.2. The Hall–Kier alpha value is -2.28. The van der Waals surface area contributed by atoms with Gasteiger partial charge in [0.1, 0.15) is 5.82 Å². The molecule has 0 radical (unpaired) electrons. The number of nitrogens with zero attached hydrogens (tertiary/aromatic N) is 5. The molecule has 2 aromatic rings. The van der Waals surface area contributed by atoms with Crippen molar-refractivity contribution < 1.29 is 4.79 Å². The fourth-order valence-corrected chi connectivity index (χ4v) is 3.41. The van der Waals surface area contributed by atoms with Crippen molar-refractivity contribution in [3.63, 3.8) is 0 Å². The molecule has 2 aliphatic rings. The first-order chi connectivity index (χ1) is 12.2. The summed E-state index contributed by atoms with van der Waals surface area (Å²) in [7, 11) is 1.91. The lowest BCUT2D eigenvalue weighted by molar-refractivity contribution is -0.122. The molecule has 1 aliphatic carbocycles. The molecule has 7 nitrogen and oxygen atoms in total. The molecule has 2 fully saturated rings. The number of amides is 1. The highest BCUT2D eigenvalue weighted by atomic mass is 16.2. The molecule has 1 atom stereocenters. The second-order valence-electron chi connectivity index (χ2n) is 7.06. The van der Waals surface area contributed by atoms with Crippen LogP contribution >= 0.6 is 0 Å². The number of hydrogen-bond acceptors (Lipinski definition) is 5. The monoisotopic (exact) mass is 340 g/mol. The van der Waals surface area contributed by atoms with E-state index in [-0.39, 0.29) is 11.9 Å². The van der Waals surface area contributed by atoms with Gasteiger partial charge in [-0.25, -0.2) is 9.97 Å². The standard InChI is InChI=1S/C18H24N6O/c1-23-9-7-14(22-23)12-24-8-3-2-4-16(24)18(25)21-15-10-19-17(20-11-15)13-5-6-13/h7,9-11,13,16H,2-6,8,12H2,1H3,(H,21,25)/t16-/m1/s1. The van der Waals surface area contributed by atoms with Crippen LogP contribution in [0.3, 0.4) is 0 Å². The van der Waals surface area contributed by atoms with Crippen molar-refractivity contribution in [3.8, 4) is 0 Å². The lowest BCUT2D eigenvalue weighted by atomic mass is 10.0. The van der Waals surface area contributed by atoms with Crippen LogP contribution in [0.1, 0.15) is 49.5 Å². The number of aryl methyl sites for hydroxylation is 1. The maximum absolute atomic E-state index is 12.8. The highest BCUT2D eigenvalue weighted by Gasteiger charge is 2.30. The summed E-state index contributed by atoms with van der Waals surface area (Å²) in [4.78, 5) is 23.7. The highest BCUT2D eigenvalue weighted by molar-refractivity contribution is 5.94. The average Bonchev–Trinajstić information content (AvgIpc) is 3.39. The number of carbonyl (C=O) groups is 1. The zero-order chi connectivity index (χ0) is 17.2. The third-order valence-electron chi connectivity index (χ3n) is 4.93. The van der Waals surface area contributed by atoms with Gasteiger partial charge in [-0.05, 0) is 38.3 Å². The smallest absolute Gasteiger partial charge is 0.241 e. The first-order valence-corrected chi connectivity index (χ1v) is 9.04. The van der Waals surface area contributed by atoms with Crippen LogP contribution in [0.5, 0.6) is 0 Å². The molecular formula is C18H24N6O. The summed E-state index contributed by atoms with van der Waals surface area (Å²) in [6.45, 7) is 1.63. The van der Waals surface area contributed by atoms with Crippen molar-refractivity contribution >= 4 is 11.6 Å². The Morgan fingerprint density at radius 3 is 2.72 bits per heavy atom. The SMILES string of the molecule is Cn1ccc(CN2CCCC[C@@H]2C(=O)Nc2cnc(C3CC3)nc2)n1. The molecule has 4 rings (SSSR count). The lowest BCUT2D eigenvalue weighted by Gasteiger charge is -2.34. The van der Waals surface area contributed by atoms with Crippen LogP contribution in [-0.4, -0.2) is 43.1 Å². The van der Waals surface area contributed by atoms with Crippen LogP contribution in [0.4, 0.5) is 5.69 Å². The van der Waals surface area contributed by atoms with Gasteiger partial charge in [0.25, 0.3) is 0 Å². The largest absolute Gasteiger partial charge is 0.322 e. The van der Waals surface area contributed by atoms with Gasteiger partial charge in [0.05, 0.1) is 29.8 Å². The number of nitrogens with one attached hydrogen (secondary N) is 1. The fourth-order valence-electron chi connectivity index (χ4n) is 3.41. The molecule has 132 valence electrons. The van der Waals surface area contributed by atoms with Gasteiger partial charge in [-0.2, -0.15) is 5.10 Å². The Balaban J connectivity index is 1.41. The number of carbonyl (C=O) groups excluding carboxylic acids is 1. The lowest BCUT2D eigenvalue weighted by Crippen LogP contribution is -2.46. The molecule has 25 heavy (non-hydrogen) atoms. The van der Waals surface area contributed by atoms with Gasteiger partial charge in [0, 0.05) is 25.7 Å². The minimum absolute atomic E-state index is 0.0263. The molecular weight excluding hydrogens is 316 g/mol. The van der Waals surface area contributed by atoms with Gasteiger partial charge in [-0.15, -0.1) is 0 Å². The third-order valence-corrected chi connectivity index (χ3v) is 4.93. The Morgan fingerprint density at radius 2 is 2.04 bits per heavy atom. The van der Waals surface area contributed by atoms with Gasteiger partial charge in [0.2, 0.25) is 5.91 Å². The number of likely N-dealkylation sites (tertiary alicyclic amines) is 1. The van der Waals surface area contributed by atoms with E-state index in [0.717, 1.165) is 37.3 Å². The van der Waals surface area contributed by atoms with E-state index in [1.807, 2.05) is 19.3 Å². The van der Waals surface area contributed by atoms with Crippen molar-refractivity contribution in [1.29, 1.82) is 0 Å². The number of rotatable bonds is 5. The molecule has 7 heteroatoms. The minimum atomic E-state index is -0.126. The molecule has 1 N–H and O–H groups in total. The van der Waals surface area contributed by atoms with E-state index >= 15 is 0 Å². The van der Waals surface area contributed by atoms with Crippen molar-refractivity contribution in [2.24, 2.45) is 7.05 Å². The molecule has 0 unspecified atom stereocenters. The second-order valence-corrected chi connectivity index (χ2v) is 7.06. The molecule has 0 spiro atoms. The fraction of sp³-hybridized carbons (Fsp3) is 0.556. The van der Waals surface area contributed by atoms with Crippen LogP contribution < -0.4 is 5.32 Å². The van der Waals surface area contributed by atoms with Crippen LogP contribution in [0.2, 0.25) is 0 Å². The van der Waals surface area contributed by atoms with E-state index in [9.17, 15) is 4.79 Å². The molecule has 0 aromatic carbocycles. The quantitative estimate of drug-likeness (QED) is 0.902. The third kappa shape index (κ3) is 3.87. The van der Waals surface area contributed by atoms with E-state index in [4.69, 9.17) is 0 Å². The van der Waals surface area contributed by atoms with Crippen molar-refractivity contribution in [3.05, 3.63) is 36.2 Å². The maximum Gasteiger partial charge on any atom is 0.241 e. The van der Waals surface area contributed by atoms with E-state index < -0.39 is 0 Å². The first kappa shape index (κ1) is 16.2. The number of anilines is 1. The second kappa shape index (κ2) is 6.92. The van der Waals surface area contributed by atoms with Crippen LogP contribution in [-0.2, 0) is 18.4 Å². The Bertz CT molecular complexity index is 736. The summed E-state index contributed by atoms with van der Waals surface area (Å²) in [6, 6.07) is 1.88. The summed E-state index contributed by atoms with van der Waals surface area (Å²) in [5.41, 5.74) is 1.68. The summed E-state index contributed by atoms with van der Waals surface area (Å²) >= 11 is 0. The van der Waals surface area contributed by atoms with Crippen molar-refractivity contribution in [2.45, 2.75) is 50.6 Å². The molecule has 0 bridgehead atoms. The van der Waals surface area contributed by atoms with Crippen LogP contribution in [0.15, 0.2) is 24.7 Å². The molecule has 3 heterocycles. The molecule has 1 saturated heterocycles. The zero-order valence-corrected chi connectivity index (χ0v) is 14.6. The summed E-state index contributed by atoms with van der Waals surface area (Å²) in [6.07, 6.45) is 10.8. The molecule has 1 amide bonds. The van der Waals surface area contributed by atoms with Crippen LogP contribution in [0.25, 0.3) is 0 Å². The summed E-state index contributed by atoms with van der Waals surface area (Å²) in [5.74, 6) is 1.45. The topological polar surface area (TPSA) is 75.9 Å². The van der Waals surface area contributed by atoms with Gasteiger partial charge in [0.15, 0.2) is 0 Å². The van der Waals surface area contributed by atoms with E-state index in [0.29, 0.717) is 18.2 Å². The summed E-state index contributed by atoms with van der Waals surface area (Å²) in [5, 5.41) is 7.43. The average molecular weight is 340 g/mol. The number of aromatic nitrogens is 4. The predicted molar refractivity (Wildman–Crippen MR) is 93.9 cm³/mol. The number of hydrogen-bond donors (Lipinski definition) is 1.